The van der Waals surface area contributed by atoms with Crippen molar-refractivity contribution in [3.8, 4) is 6.07 Å². The number of hydrogen-bond acceptors (Lipinski definition) is 7. The summed E-state index contributed by atoms with van der Waals surface area (Å²) in [5, 5.41) is 21.2. The SMILES string of the molecule is C[C@H](C(=O)N(C)CCC#N)[C@@H]1CC[C@@]2(C)Cc3sc(NS(=O)(=O)c4ccc(Cl)cc4)nc3[C@@H](C)[C@@H]2[C@H]1O. The first-order valence-electron chi connectivity index (χ1n) is 12.5. The molecule has 1 aromatic carbocycles. The Morgan fingerprint density at radius 1 is 1.41 bits per heavy atom. The molecule has 0 radical (unpaired) electrons. The number of aliphatic hydroxyl groups excluding tert-OH is 1. The molecule has 0 saturated heterocycles. The summed E-state index contributed by atoms with van der Waals surface area (Å²) in [6.07, 6.45) is 1.86. The number of hydrogen-bond donors (Lipinski definition) is 2. The monoisotopic (exact) mass is 564 g/mol. The molecule has 200 valence electrons. The van der Waals surface area contributed by atoms with Crippen LogP contribution >= 0.6 is 22.9 Å². The summed E-state index contributed by atoms with van der Waals surface area (Å²) < 4.78 is 28.4. The van der Waals surface area contributed by atoms with Crippen molar-refractivity contribution in [3.05, 3.63) is 39.9 Å². The molecule has 1 amide bonds. The van der Waals surface area contributed by atoms with Gasteiger partial charge < -0.3 is 10.0 Å². The molecule has 2 aliphatic carbocycles. The fourth-order valence-corrected chi connectivity index (χ4v) is 8.86. The minimum absolute atomic E-state index is 0.0559. The van der Waals surface area contributed by atoms with E-state index in [4.69, 9.17) is 16.9 Å². The first-order valence-corrected chi connectivity index (χ1v) is 15.1. The van der Waals surface area contributed by atoms with Crippen molar-refractivity contribution in [1.29, 1.82) is 5.26 Å². The third-order valence-electron chi connectivity index (χ3n) is 8.23. The van der Waals surface area contributed by atoms with Crippen molar-refractivity contribution in [2.45, 2.75) is 63.4 Å². The summed E-state index contributed by atoms with van der Waals surface area (Å²) in [5.74, 6) is -0.828. The molecule has 8 nitrogen and oxygen atoms in total. The van der Waals surface area contributed by atoms with Gasteiger partial charge in [0, 0.05) is 35.3 Å². The number of nitrogens with zero attached hydrogens (tertiary/aromatic N) is 3. The van der Waals surface area contributed by atoms with Crippen molar-refractivity contribution in [2.24, 2.45) is 23.2 Å². The number of carbonyl (C=O) groups excluding carboxylic acids is 1. The van der Waals surface area contributed by atoms with E-state index < -0.39 is 16.1 Å². The number of carbonyl (C=O) groups is 1. The van der Waals surface area contributed by atoms with Crippen molar-refractivity contribution in [3.63, 3.8) is 0 Å². The highest BCUT2D eigenvalue weighted by Gasteiger charge is 2.54. The molecule has 1 saturated carbocycles. The van der Waals surface area contributed by atoms with E-state index >= 15 is 0 Å². The first-order chi connectivity index (χ1) is 17.4. The normalized spacial score (nSPS) is 27.9. The minimum Gasteiger partial charge on any atom is -0.392 e. The molecular formula is C26H33ClN4O4S2. The van der Waals surface area contributed by atoms with E-state index in [0.717, 1.165) is 23.4 Å². The fourth-order valence-electron chi connectivity index (χ4n) is 6.24. The summed E-state index contributed by atoms with van der Waals surface area (Å²) in [6, 6.07) is 8.03. The van der Waals surface area contributed by atoms with Gasteiger partial charge in [-0.3, -0.25) is 9.52 Å². The first kappa shape index (κ1) is 27.8. The van der Waals surface area contributed by atoms with E-state index in [0.29, 0.717) is 23.1 Å². The lowest BCUT2D eigenvalue weighted by molar-refractivity contribution is -0.143. The van der Waals surface area contributed by atoms with E-state index in [9.17, 15) is 18.3 Å². The van der Waals surface area contributed by atoms with E-state index in [-0.39, 0.29) is 46.3 Å². The molecular weight excluding hydrogens is 532 g/mol. The fraction of sp³-hybridized carbons (Fsp3) is 0.577. The lowest BCUT2D eigenvalue weighted by atomic mass is 9.53. The Balaban J connectivity index is 1.55. The van der Waals surface area contributed by atoms with E-state index in [1.54, 1.807) is 11.9 Å². The van der Waals surface area contributed by atoms with Crippen LogP contribution in [0.5, 0.6) is 0 Å². The minimum atomic E-state index is -3.82. The molecule has 4 rings (SSSR count). The van der Waals surface area contributed by atoms with Gasteiger partial charge in [0.2, 0.25) is 5.91 Å². The van der Waals surface area contributed by atoms with E-state index in [1.807, 2.05) is 13.8 Å². The van der Waals surface area contributed by atoms with Crippen LogP contribution in [0.25, 0.3) is 0 Å². The molecule has 0 bridgehead atoms. The number of rotatable bonds is 7. The average Bonchev–Trinajstić information content (AvgIpc) is 3.23. The van der Waals surface area contributed by atoms with Crippen LogP contribution in [0.1, 0.15) is 56.5 Å². The van der Waals surface area contributed by atoms with Crippen molar-refractivity contribution in [2.75, 3.05) is 18.3 Å². The second kappa shape index (κ2) is 10.5. The lowest BCUT2D eigenvalue weighted by Crippen LogP contribution is -2.53. The standard InChI is InChI=1S/C26H33ClN4O4S2/c1-15(24(33)31(4)13-5-12-28)19-10-11-26(3)14-20-22(16(2)21(26)23(19)32)29-25(36-20)30-37(34,35)18-8-6-17(27)7-9-18/h6-9,15-16,19,21,23,32H,5,10-11,13-14H2,1-4H3,(H,29,30)/t15-,16-,19-,21+,23-,26-/m0/s1. The lowest BCUT2D eigenvalue weighted by Gasteiger charge is -2.53. The largest absolute Gasteiger partial charge is 0.392 e. The molecule has 2 aliphatic rings. The number of benzene rings is 1. The Labute approximate surface area is 227 Å². The molecule has 2 aromatic rings. The number of halogens is 1. The Bertz CT molecular complexity index is 1310. The van der Waals surface area contributed by atoms with Gasteiger partial charge in [0.05, 0.1) is 29.2 Å². The maximum absolute atomic E-state index is 13.0. The smallest absolute Gasteiger partial charge is 0.263 e. The number of anilines is 1. The zero-order chi connectivity index (χ0) is 27.1. The molecule has 1 fully saturated rings. The van der Waals surface area contributed by atoms with Crippen LogP contribution in [0.2, 0.25) is 5.02 Å². The average molecular weight is 565 g/mol. The van der Waals surface area contributed by atoms with Gasteiger partial charge >= 0.3 is 0 Å². The third kappa shape index (κ3) is 5.37. The summed E-state index contributed by atoms with van der Waals surface area (Å²) in [7, 11) is -2.11. The number of nitriles is 1. The van der Waals surface area contributed by atoms with Crippen LogP contribution in [0.4, 0.5) is 5.13 Å². The van der Waals surface area contributed by atoms with Crippen LogP contribution in [-0.2, 0) is 21.2 Å². The second-order valence-corrected chi connectivity index (χ2v) is 13.9. The Hall–Kier alpha value is -2.19. The Morgan fingerprint density at radius 3 is 2.73 bits per heavy atom. The number of aliphatic hydroxyl groups is 1. The maximum Gasteiger partial charge on any atom is 0.263 e. The number of amides is 1. The molecule has 37 heavy (non-hydrogen) atoms. The topological polar surface area (TPSA) is 123 Å². The molecule has 2 N–H and O–H groups in total. The quantitative estimate of drug-likeness (QED) is 0.504. The molecule has 0 aliphatic heterocycles. The predicted molar refractivity (Wildman–Crippen MR) is 144 cm³/mol. The van der Waals surface area contributed by atoms with Gasteiger partial charge in [-0.05, 0) is 60.8 Å². The Kier molecular flexibility index (Phi) is 7.92. The molecule has 1 heterocycles. The number of sulfonamides is 1. The van der Waals surface area contributed by atoms with Crippen LogP contribution < -0.4 is 4.72 Å². The van der Waals surface area contributed by atoms with Crippen molar-refractivity contribution in [1.82, 2.24) is 9.88 Å². The number of nitrogens with one attached hydrogen (secondary N) is 1. The summed E-state index contributed by atoms with van der Waals surface area (Å²) >= 11 is 7.24. The van der Waals surface area contributed by atoms with Crippen LogP contribution in [0.15, 0.2) is 29.2 Å². The predicted octanol–water partition coefficient (Wildman–Crippen LogP) is 4.66. The van der Waals surface area contributed by atoms with E-state index in [1.165, 1.54) is 35.6 Å². The summed E-state index contributed by atoms with van der Waals surface area (Å²) in [4.78, 5) is 20.4. The van der Waals surface area contributed by atoms with Gasteiger partial charge in [-0.15, -0.1) is 11.3 Å². The van der Waals surface area contributed by atoms with Crippen molar-refractivity contribution < 1.29 is 18.3 Å². The number of thiazole rings is 1. The molecule has 11 heteroatoms. The van der Waals surface area contributed by atoms with Crippen molar-refractivity contribution >= 4 is 44.0 Å². The molecule has 1 aromatic heterocycles. The van der Waals surface area contributed by atoms with Gasteiger partial charge in [-0.1, -0.05) is 32.4 Å². The summed E-state index contributed by atoms with van der Waals surface area (Å²) in [5.41, 5.74) is 0.627. The zero-order valence-electron chi connectivity index (χ0n) is 21.4. The number of fused-ring (bicyclic) bond motifs is 2. The van der Waals surface area contributed by atoms with E-state index in [2.05, 4.69) is 22.7 Å². The van der Waals surface area contributed by atoms with Gasteiger partial charge in [0.15, 0.2) is 5.13 Å². The molecule has 0 spiro atoms. The zero-order valence-corrected chi connectivity index (χ0v) is 23.8. The van der Waals surface area contributed by atoms with Crippen LogP contribution in [0, 0.1) is 34.5 Å². The summed E-state index contributed by atoms with van der Waals surface area (Å²) in [6.45, 7) is 6.46. The molecule has 0 unspecified atom stereocenters. The highest BCUT2D eigenvalue weighted by atomic mass is 35.5. The Morgan fingerprint density at radius 2 is 2.08 bits per heavy atom. The maximum atomic E-state index is 13.0. The highest BCUT2D eigenvalue weighted by Crippen LogP contribution is 2.57. The van der Waals surface area contributed by atoms with Crippen LogP contribution in [-0.4, -0.2) is 49.0 Å². The van der Waals surface area contributed by atoms with Gasteiger partial charge in [0.25, 0.3) is 10.0 Å². The number of aromatic nitrogens is 1. The van der Waals surface area contributed by atoms with Gasteiger partial charge in [-0.25, -0.2) is 13.4 Å². The third-order valence-corrected chi connectivity index (χ3v) is 11.0. The highest BCUT2D eigenvalue weighted by molar-refractivity contribution is 7.93. The van der Waals surface area contributed by atoms with Crippen LogP contribution in [0.3, 0.4) is 0 Å². The van der Waals surface area contributed by atoms with Gasteiger partial charge in [0.1, 0.15) is 0 Å². The second-order valence-electron chi connectivity index (χ2n) is 10.7. The van der Waals surface area contributed by atoms with Gasteiger partial charge in [-0.2, -0.15) is 5.26 Å². The molecule has 6 atom stereocenters.